The van der Waals surface area contributed by atoms with Crippen LogP contribution < -0.4 is 24.5 Å². The first-order valence-electron chi connectivity index (χ1n) is 18.5. The van der Waals surface area contributed by atoms with Crippen molar-refractivity contribution < 1.29 is 43.4 Å². The maximum absolute atomic E-state index is 15.4. The molecule has 4 aliphatic rings. The Kier molecular flexibility index (Phi) is 10.1. The number of aromatic hydroxyl groups is 1. The first-order chi connectivity index (χ1) is 28.3. The average Bonchev–Trinajstić information content (AvgIpc) is 3.62. The van der Waals surface area contributed by atoms with Gasteiger partial charge in [-0.3, -0.25) is 34.7 Å². The molecule has 16 heteroatoms. The summed E-state index contributed by atoms with van der Waals surface area (Å²) in [5, 5.41) is 23.8. The van der Waals surface area contributed by atoms with Crippen molar-refractivity contribution in [3.05, 3.63) is 128 Å². The van der Waals surface area contributed by atoms with Gasteiger partial charge in [-0.2, -0.15) is 5.01 Å². The van der Waals surface area contributed by atoms with Crippen molar-refractivity contribution in [1.29, 1.82) is 0 Å². The fraction of sp³-hybridized carbons (Fsp3) is 0.256. The van der Waals surface area contributed by atoms with Crippen LogP contribution in [0.5, 0.6) is 23.0 Å². The number of hydrazine groups is 1. The van der Waals surface area contributed by atoms with E-state index < -0.39 is 63.6 Å². The number of hydrogen-bond donors (Lipinski definition) is 2. The molecule has 2 saturated heterocycles. The molecule has 14 nitrogen and oxygen atoms in total. The van der Waals surface area contributed by atoms with Gasteiger partial charge in [-0.05, 0) is 78.4 Å². The fourth-order valence-corrected chi connectivity index (χ4v) is 9.76. The Morgan fingerprint density at radius 2 is 1.59 bits per heavy atom. The van der Waals surface area contributed by atoms with E-state index >= 15 is 4.79 Å². The highest BCUT2D eigenvalue weighted by Gasteiger charge is 2.69. The number of amides is 4. The van der Waals surface area contributed by atoms with Crippen molar-refractivity contribution in [1.82, 2.24) is 5.01 Å². The molecular weight excluding hydrogens is 803 g/mol. The summed E-state index contributed by atoms with van der Waals surface area (Å²) in [6.45, 7) is 0. The Morgan fingerprint density at radius 3 is 2.24 bits per heavy atom. The lowest BCUT2D eigenvalue weighted by Crippen LogP contribution is -2.54. The Labute approximate surface area is 347 Å². The predicted molar refractivity (Wildman–Crippen MR) is 217 cm³/mol. The van der Waals surface area contributed by atoms with Crippen molar-refractivity contribution in [2.75, 3.05) is 31.7 Å². The maximum Gasteiger partial charge on any atom is 0.271 e. The molecule has 6 unspecified atom stereocenters. The lowest BCUT2D eigenvalue weighted by molar-refractivity contribution is -0.384. The van der Waals surface area contributed by atoms with Gasteiger partial charge in [0, 0.05) is 23.1 Å². The van der Waals surface area contributed by atoms with Gasteiger partial charge in [0.25, 0.3) is 17.5 Å². The van der Waals surface area contributed by atoms with Crippen LogP contribution in [0.4, 0.5) is 17.1 Å². The van der Waals surface area contributed by atoms with E-state index in [9.17, 15) is 29.6 Å². The number of methoxy groups -OCH3 is 3. The van der Waals surface area contributed by atoms with Gasteiger partial charge in [-0.25, -0.2) is 4.90 Å². The number of phenols is 1. The number of carbonyl (C=O) groups is 4. The number of nitrogens with one attached hydrogen (secondary N) is 1. The molecule has 0 spiro atoms. The molecule has 0 bridgehead atoms. The second kappa shape index (κ2) is 15.1. The van der Waals surface area contributed by atoms with Gasteiger partial charge in [-0.1, -0.05) is 65.2 Å². The van der Waals surface area contributed by atoms with E-state index in [4.69, 9.17) is 37.4 Å². The minimum atomic E-state index is -1.61. The van der Waals surface area contributed by atoms with E-state index in [2.05, 4.69) is 5.43 Å². The molecule has 302 valence electrons. The van der Waals surface area contributed by atoms with Crippen LogP contribution in [-0.2, 0) is 24.6 Å². The highest BCUT2D eigenvalue weighted by atomic mass is 35.5. The molecule has 2 aliphatic heterocycles. The number of non-ortho nitro benzene ring substituents is 1. The number of allylic oxidation sites excluding steroid dienone is 3. The zero-order valence-corrected chi connectivity index (χ0v) is 33.3. The number of ether oxygens (including phenoxy) is 3. The molecule has 2 N–H and O–H groups in total. The number of imide groups is 2. The third-order valence-corrected chi connectivity index (χ3v) is 12.5. The van der Waals surface area contributed by atoms with Gasteiger partial charge >= 0.3 is 0 Å². The number of nitrogens with zero attached hydrogens (tertiary/aromatic N) is 3. The number of halogens is 2. The number of nitro groups is 1. The quantitative estimate of drug-likeness (QED) is 0.0706. The first-order valence-corrected chi connectivity index (χ1v) is 19.3. The van der Waals surface area contributed by atoms with Crippen molar-refractivity contribution in [2.45, 2.75) is 18.3 Å². The van der Waals surface area contributed by atoms with Crippen LogP contribution in [0, 0.1) is 39.7 Å². The Balaban J connectivity index is 1.31. The molecule has 8 rings (SSSR count). The van der Waals surface area contributed by atoms with Gasteiger partial charge in [0.2, 0.25) is 17.6 Å². The minimum Gasteiger partial charge on any atom is -0.502 e. The van der Waals surface area contributed by atoms with E-state index in [1.54, 1.807) is 60.7 Å². The SMILES string of the molecule is COc1ccc(C23C(=O)N(Nc4ccc(Cl)cc4Cl)C(=O)C2CC2C(=CCC4C(=O)N(c5cccc([N+](=O)[O-])c5)C(=O)C42)C3C=Cc2cc(OC)c(O)c(OC)c2)cc1. The number of carbonyl (C=O) groups excluding carboxylic acids is 4. The second-order valence-corrected chi connectivity index (χ2v) is 15.5. The number of nitro benzene ring substituents is 1. The van der Waals surface area contributed by atoms with E-state index in [-0.39, 0.29) is 52.2 Å². The van der Waals surface area contributed by atoms with Crippen LogP contribution in [0.1, 0.15) is 24.0 Å². The van der Waals surface area contributed by atoms with Gasteiger partial charge < -0.3 is 19.3 Å². The lowest BCUT2D eigenvalue weighted by Gasteiger charge is -2.49. The summed E-state index contributed by atoms with van der Waals surface area (Å²) < 4.78 is 16.3. The van der Waals surface area contributed by atoms with Crippen LogP contribution in [-0.4, -0.2) is 60.0 Å². The maximum atomic E-state index is 15.4. The standard InChI is InChI=1S/C43H36Cl2N4O10/c1-57-27-11-8-23(9-12-27)43-31(15-7-22-17-35(58-2)38(50)36(18-22)59-3)28-13-14-29-37(41(53)47(39(29)51)25-5-4-6-26(20-25)49(55)56)30(28)21-32(43)40(52)48(42(43)54)46-34-16-10-24(44)19-33(34)45/h4-13,15-20,29-32,37,46,50H,14,21H2,1-3H3. The number of benzene rings is 4. The summed E-state index contributed by atoms with van der Waals surface area (Å²) in [6, 6.07) is 20.0. The zero-order valence-electron chi connectivity index (χ0n) is 31.8. The van der Waals surface area contributed by atoms with Crippen molar-refractivity contribution in [2.24, 2.45) is 29.6 Å². The van der Waals surface area contributed by atoms with E-state index in [1.807, 2.05) is 6.08 Å². The van der Waals surface area contributed by atoms with Crippen LogP contribution in [0.25, 0.3) is 6.08 Å². The largest absolute Gasteiger partial charge is 0.502 e. The summed E-state index contributed by atoms with van der Waals surface area (Å²) in [6.07, 6.45) is 5.54. The topological polar surface area (TPSA) is 178 Å². The number of anilines is 2. The molecule has 4 aromatic rings. The highest BCUT2D eigenvalue weighted by molar-refractivity contribution is 6.36. The van der Waals surface area contributed by atoms with Gasteiger partial charge in [-0.15, -0.1) is 0 Å². The predicted octanol–water partition coefficient (Wildman–Crippen LogP) is 7.37. The van der Waals surface area contributed by atoms with Crippen LogP contribution >= 0.6 is 23.2 Å². The molecule has 2 aliphatic carbocycles. The molecular formula is C43H36Cl2N4O10. The summed E-state index contributed by atoms with van der Waals surface area (Å²) in [7, 11) is 4.31. The van der Waals surface area contributed by atoms with Crippen LogP contribution in [0.15, 0.2) is 96.6 Å². The fourth-order valence-electron chi connectivity index (χ4n) is 9.31. The second-order valence-electron chi connectivity index (χ2n) is 14.7. The van der Waals surface area contributed by atoms with E-state index in [1.165, 1.54) is 51.7 Å². The molecule has 6 atom stereocenters. The zero-order chi connectivity index (χ0) is 41.9. The van der Waals surface area contributed by atoms with Gasteiger partial charge in [0.05, 0.1) is 65.8 Å². The first kappa shape index (κ1) is 39.4. The number of phenolic OH excluding ortho intramolecular Hbond substituents is 1. The minimum absolute atomic E-state index is 0.00310. The summed E-state index contributed by atoms with van der Waals surface area (Å²) in [5.41, 5.74) is 3.07. The van der Waals surface area contributed by atoms with Gasteiger partial charge in [0.15, 0.2) is 11.5 Å². The Bertz CT molecular complexity index is 2480. The van der Waals surface area contributed by atoms with Crippen LogP contribution in [0.3, 0.4) is 0 Å². The molecule has 0 aromatic heterocycles. The summed E-state index contributed by atoms with van der Waals surface area (Å²) in [4.78, 5) is 71.2. The number of rotatable bonds is 10. The normalized spacial score (nSPS) is 24.8. The Morgan fingerprint density at radius 1 is 0.881 bits per heavy atom. The molecule has 2 heterocycles. The molecule has 1 saturated carbocycles. The number of fused-ring (bicyclic) bond motifs is 4. The smallest absolute Gasteiger partial charge is 0.271 e. The molecule has 4 amide bonds. The Hall–Kier alpha value is -6.38. The van der Waals surface area contributed by atoms with Gasteiger partial charge in [0.1, 0.15) is 5.75 Å². The lowest BCUT2D eigenvalue weighted by atomic mass is 9.50. The highest BCUT2D eigenvalue weighted by Crippen LogP contribution is 2.62. The van der Waals surface area contributed by atoms with E-state index in [0.717, 1.165) is 9.91 Å². The van der Waals surface area contributed by atoms with Crippen LogP contribution in [0.2, 0.25) is 10.0 Å². The van der Waals surface area contributed by atoms with Crippen molar-refractivity contribution in [3.8, 4) is 23.0 Å². The monoisotopic (exact) mass is 838 g/mol. The average molecular weight is 840 g/mol. The number of hydrogen-bond acceptors (Lipinski definition) is 11. The molecule has 3 fully saturated rings. The molecule has 4 aromatic carbocycles. The van der Waals surface area contributed by atoms with Crippen molar-refractivity contribution in [3.63, 3.8) is 0 Å². The molecule has 0 radical (unpaired) electrons. The van der Waals surface area contributed by atoms with Crippen molar-refractivity contribution >= 4 is 70.0 Å². The van der Waals surface area contributed by atoms with E-state index in [0.29, 0.717) is 27.5 Å². The third kappa shape index (κ3) is 6.25. The summed E-state index contributed by atoms with van der Waals surface area (Å²) >= 11 is 12.7. The molecule has 59 heavy (non-hydrogen) atoms. The summed E-state index contributed by atoms with van der Waals surface area (Å²) in [5.74, 6) is -6.14. The third-order valence-electron chi connectivity index (χ3n) is 11.9.